The molecule has 3 aromatic rings. The van der Waals surface area contributed by atoms with Crippen LogP contribution in [0, 0.1) is 6.92 Å². The van der Waals surface area contributed by atoms with Gasteiger partial charge in [0, 0.05) is 36.5 Å². The van der Waals surface area contributed by atoms with Crippen molar-refractivity contribution in [2.45, 2.75) is 65.1 Å². The zero-order valence-electron chi connectivity index (χ0n) is 24.7. The van der Waals surface area contributed by atoms with Crippen LogP contribution in [0.2, 0.25) is 10.0 Å². The van der Waals surface area contributed by atoms with Gasteiger partial charge in [-0.1, -0.05) is 77.8 Å². The van der Waals surface area contributed by atoms with Crippen molar-refractivity contribution in [1.29, 1.82) is 0 Å². The predicted octanol–water partition coefficient (Wildman–Crippen LogP) is 6.40. The van der Waals surface area contributed by atoms with Crippen molar-refractivity contribution in [2.24, 2.45) is 0 Å². The average Bonchev–Trinajstić information content (AvgIpc) is 2.90. The molecule has 0 saturated carbocycles. The lowest BCUT2D eigenvalue weighted by Gasteiger charge is -2.34. The Balaban J connectivity index is 1.93. The number of amides is 2. The molecule has 0 aliphatic heterocycles. The monoisotopic (exact) mass is 631 g/mol. The molecule has 3 aromatic carbocycles. The first-order valence-electron chi connectivity index (χ1n) is 13.8. The fraction of sp³-hybridized carbons (Fsp3) is 0.375. The standard InChI is InChI=1S/C32H39Cl2N3O4S/c1-23-12-9-10-15-25(23)22-36(29(31(39)35-32(2,3)4)20-24-13-7-6-8-14-24)30(38)16-11-19-37(42(5,40)41)28-21-26(33)17-18-27(28)34/h6-10,12-15,17-18,21,29H,11,16,19-20,22H2,1-5H3,(H,35,39)/t29-/m1/s1. The van der Waals surface area contributed by atoms with Crippen LogP contribution in [-0.4, -0.2) is 49.5 Å². The number of halogens is 2. The number of rotatable bonds is 12. The highest BCUT2D eigenvalue weighted by molar-refractivity contribution is 7.92. The first-order chi connectivity index (χ1) is 19.7. The summed E-state index contributed by atoms with van der Waals surface area (Å²) in [5.41, 5.74) is 2.60. The van der Waals surface area contributed by atoms with Crippen LogP contribution in [0.15, 0.2) is 72.8 Å². The summed E-state index contributed by atoms with van der Waals surface area (Å²) < 4.78 is 26.5. The first-order valence-corrected chi connectivity index (χ1v) is 16.4. The topological polar surface area (TPSA) is 86.8 Å². The Bertz CT molecular complexity index is 1490. The molecule has 42 heavy (non-hydrogen) atoms. The van der Waals surface area contributed by atoms with Crippen molar-refractivity contribution < 1.29 is 18.0 Å². The average molecular weight is 633 g/mol. The van der Waals surface area contributed by atoms with E-state index in [2.05, 4.69) is 5.32 Å². The summed E-state index contributed by atoms with van der Waals surface area (Å²) in [5.74, 6) is -0.509. The molecular formula is C32H39Cl2N3O4S. The third-order valence-corrected chi connectivity index (χ3v) is 8.43. The van der Waals surface area contributed by atoms with Crippen molar-refractivity contribution in [1.82, 2.24) is 10.2 Å². The SMILES string of the molecule is Cc1ccccc1CN(C(=O)CCCN(c1cc(Cl)ccc1Cl)S(C)(=O)=O)[C@H](Cc1ccccc1)C(=O)NC(C)(C)C. The van der Waals surface area contributed by atoms with E-state index in [1.54, 1.807) is 11.0 Å². The van der Waals surface area contributed by atoms with E-state index in [4.69, 9.17) is 23.2 Å². The third kappa shape index (κ3) is 9.75. The summed E-state index contributed by atoms with van der Waals surface area (Å²) in [6.07, 6.45) is 1.64. The van der Waals surface area contributed by atoms with Gasteiger partial charge in [-0.15, -0.1) is 0 Å². The minimum Gasteiger partial charge on any atom is -0.350 e. The summed E-state index contributed by atoms with van der Waals surface area (Å²) in [6.45, 7) is 7.92. The van der Waals surface area contributed by atoms with Crippen molar-refractivity contribution in [3.63, 3.8) is 0 Å². The van der Waals surface area contributed by atoms with Gasteiger partial charge in [-0.25, -0.2) is 8.42 Å². The molecule has 1 atom stereocenters. The maximum Gasteiger partial charge on any atom is 0.243 e. The Labute approximate surface area is 259 Å². The van der Waals surface area contributed by atoms with Crippen LogP contribution < -0.4 is 9.62 Å². The third-order valence-electron chi connectivity index (χ3n) is 6.70. The van der Waals surface area contributed by atoms with Crippen LogP contribution >= 0.6 is 23.2 Å². The number of sulfonamides is 1. The molecule has 0 heterocycles. The molecule has 3 rings (SSSR count). The number of nitrogens with one attached hydrogen (secondary N) is 1. The van der Waals surface area contributed by atoms with Crippen molar-refractivity contribution in [3.8, 4) is 0 Å². The van der Waals surface area contributed by atoms with E-state index in [0.717, 1.165) is 27.3 Å². The highest BCUT2D eigenvalue weighted by atomic mass is 35.5. The normalized spacial score (nSPS) is 12.5. The second kappa shape index (κ2) is 14.4. The lowest BCUT2D eigenvalue weighted by atomic mass is 9.99. The van der Waals surface area contributed by atoms with E-state index in [1.807, 2.05) is 82.3 Å². The van der Waals surface area contributed by atoms with E-state index in [-0.39, 0.29) is 48.5 Å². The van der Waals surface area contributed by atoms with E-state index >= 15 is 0 Å². The number of hydrogen-bond donors (Lipinski definition) is 1. The summed E-state index contributed by atoms with van der Waals surface area (Å²) in [5, 5.41) is 3.63. The van der Waals surface area contributed by atoms with Gasteiger partial charge in [0.05, 0.1) is 17.0 Å². The van der Waals surface area contributed by atoms with Gasteiger partial charge in [0.25, 0.3) is 0 Å². The fourth-order valence-electron chi connectivity index (χ4n) is 4.64. The quantitative estimate of drug-likeness (QED) is 0.250. The lowest BCUT2D eigenvalue weighted by Crippen LogP contribution is -2.54. The molecule has 0 bridgehead atoms. The summed E-state index contributed by atoms with van der Waals surface area (Å²) >= 11 is 12.4. The van der Waals surface area contributed by atoms with Gasteiger partial charge in [-0.3, -0.25) is 13.9 Å². The number of aryl methyl sites for hydroxylation is 1. The molecule has 0 unspecified atom stereocenters. The number of nitrogens with zero attached hydrogens (tertiary/aromatic N) is 2. The molecule has 0 aliphatic carbocycles. The number of benzene rings is 3. The maximum atomic E-state index is 14.0. The van der Waals surface area contributed by atoms with Gasteiger partial charge in [-0.05, 0) is 69.0 Å². The summed E-state index contributed by atoms with van der Waals surface area (Å²) in [6, 6.07) is 21.2. The zero-order chi connectivity index (χ0) is 31.1. The molecule has 2 amide bonds. The van der Waals surface area contributed by atoms with Crippen LogP contribution in [0.3, 0.4) is 0 Å². The van der Waals surface area contributed by atoms with Crippen molar-refractivity contribution in [3.05, 3.63) is 99.5 Å². The first kappa shape index (κ1) is 33.4. The van der Waals surface area contributed by atoms with Crippen LogP contribution in [0.5, 0.6) is 0 Å². The number of hydrogen-bond acceptors (Lipinski definition) is 4. The van der Waals surface area contributed by atoms with Gasteiger partial charge >= 0.3 is 0 Å². The highest BCUT2D eigenvalue weighted by Crippen LogP contribution is 2.31. The van der Waals surface area contributed by atoms with E-state index in [9.17, 15) is 18.0 Å². The molecule has 7 nitrogen and oxygen atoms in total. The second-order valence-corrected chi connectivity index (χ2v) is 14.2. The Kier molecular flexibility index (Phi) is 11.5. The van der Waals surface area contributed by atoms with Crippen molar-refractivity contribution in [2.75, 3.05) is 17.1 Å². The van der Waals surface area contributed by atoms with Crippen molar-refractivity contribution >= 4 is 50.7 Å². The molecule has 0 aliphatic rings. The maximum absolute atomic E-state index is 14.0. The highest BCUT2D eigenvalue weighted by Gasteiger charge is 2.32. The predicted molar refractivity (Wildman–Crippen MR) is 171 cm³/mol. The summed E-state index contributed by atoms with van der Waals surface area (Å²) in [4.78, 5) is 29.3. The smallest absolute Gasteiger partial charge is 0.243 e. The van der Waals surface area contributed by atoms with E-state index in [0.29, 0.717) is 11.4 Å². The number of carbonyl (C=O) groups excluding carboxylic acids is 2. The molecule has 0 radical (unpaired) electrons. The van der Waals surface area contributed by atoms with E-state index in [1.165, 1.54) is 12.1 Å². The number of anilines is 1. The summed E-state index contributed by atoms with van der Waals surface area (Å²) in [7, 11) is -3.72. The zero-order valence-corrected chi connectivity index (χ0v) is 27.1. The fourth-order valence-corrected chi connectivity index (χ4v) is 6.04. The van der Waals surface area contributed by atoms with Gasteiger partial charge in [0.1, 0.15) is 6.04 Å². The Morgan fingerprint density at radius 2 is 1.60 bits per heavy atom. The minimum absolute atomic E-state index is 0.0143. The van der Waals surface area contributed by atoms with Crippen LogP contribution in [-0.2, 0) is 32.6 Å². The van der Waals surface area contributed by atoms with Gasteiger partial charge in [0.15, 0.2) is 0 Å². The van der Waals surface area contributed by atoms with E-state index < -0.39 is 21.6 Å². The Morgan fingerprint density at radius 3 is 2.21 bits per heavy atom. The molecule has 0 fully saturated rings. The van der Waals surface area contributed by atoms with Crippen LogP contribution in [0.1, 0.15) is 50.3 Å². The van der Waals surface area contributed by atoms with Gasteiger partial charge in [0.2, 0.25) is 21.8 Å². The molecule has 0 aromatic heterocycles. The largest absolute Gasteiger partial charge is 0.350 e. The second-order valence-electron chi connectivity index (χ2n) is 11.4. The molecular weight excluding hydrogens is 593 g/mol. The minimum atomic E-state index is -3.72. The molecule has 0 spiro atoms. The van der Waals surface area contributed by atoms with Gasteiger partial charge < -0.3 is 10.2 Å². The van der Waals surface area contributed by atoms with Gasteiger partial charge in [-0.2, -0.15) is 0 Å². The molecule has 226 valence electrons. The molecule has 0 saturated heterocycles. The van der Waals surface area contributed by atoms with Crippen LogP contribution in [0.25, 0.3) is 0 Å². The molecule has 10 heteroatoms. The lowest BCUT2D eigenvalue weighted by molar-refractivity contribution is -0.142. The Hall–Kier alpha value is -3.07. The Morgan fingerprint density at radius 1 is 0.952 bits per heavy atom. The van der Waals surface area contributed by atoms with Crippen LogP contribution in [0.4, 0.5) is 5.69 Å². The molecule has 1 N–H and O–H groups in total. The number of carbonyl (C=O) groups is 2.